The summed E-state index contributed by atoms with van der Waals surface area (Å²) in [6.07, 6.45) is 0. The third-order valence-corrected chi connectivity index (χ3v) is 12.2. The van der Waals surface area contributed by atoms with E-state index in [-0.39, 0.29) is 0 Å². The third-order valence-electron chi connectivity index (χ3n) is 11.1. The van der Waals surface area contributed by atoms with Gasteiger partial charge in [0.1, 0.15) is 0 Å². The van der Waals surface area contributed by atoms with E-state index in [2.05, 4.69) is 157 Å². The van der Waals surface area contributed by atoms with Crippen molar-refractivity contribution in [3.63, 3.8) is 0 Å². The second-order valence-corrected chi connectivity index (χ2v) is 16.2. The van der Waals surface area contributed by atoms with Crippen LogP contribution in [0.2, 0.25) is 0 Å². The van der Waals surface area contributed by atoms with Crippen LogP contribution < -0.4 is 4.90 Å². The predicted octanol–water partition coefficient (Wildman–Crippen LogP) is 14.9. The topological polar surface area (TPSA) is 54.8 Å². The van der Waals surface area contributed by atoms with E-state index in [1.54, 1.807) is 0 Å². The zero-order valence-electron chi connectivity index (χ0n) is 33.5. The van der Waals surface area contributed by atoms with E-state index in [9.17, 15) is 0 Å². The summed E-state index contributed by atoms with van der Waals surface area (Å²) in [5, 5.41) is 0. The Balaban J connectivity index is 1.10. The van der Waals surface area contributed by atoms with Crippen LogP contribution in [0, 0.1) is 0 Å². The Bertz CT molecular complexity index is 2890. The fraction of sp³-hybridized carbons (Fsp3) is 0. The molecule has 1 aliphatic heterocycles. The highest BCUT2D eigenvalue weighted by Gasteiger charge is 2.24. The number of hydrogen-bond acceptors (Lipinski definition) is 6. The van der Waals surface area contributed by atoms with Crippen LogP contribution in [0.1, 0.15) is 0 Å². The lowest BCUT2D eigenvalue weighted by Gasteiger charge is -2.32. The Labute approximate surface area is 365 Å². The first kappa shape index (κ1) is 37.1. The monoisotopic (exact) mass is 811 g/mol. The number of rotatable bonds is 8. The van der Waals surface area contributed by atoms with Gasteiger partial charge in [-0.25, -0.2) is 19.9 Å². The highest BCUT2D eigenvalue weighted by Crippen LogP contribution is 2.51. The number of benzene rings is 8. The van der Waals surface area contributed by atoms with Gasteiger partial charge in [0.25, 0.3) is 0 Å². The third kappa shape index (κ3) is 7.33. The molecule has 0 fully saturated rings. The molecule has 1 aliphatic rings. The molecule has 0 atom stereocenters. The van der Waals surface area contributed by atoms with Crippen LogP contribution >= 0.6 is 11.8 Å². The van der Waals surface area contributed by atoms with Crippen LogP contribution in [0.3, 0.4) is 0 Å². The van der Waals surface area contributed by atoms with Gasteiger partial charge in [0.05, 0.1) is 34.2 Å². The molecule has 3 heterocycles. The van der Waals surface area contributed by atoms with Crippen molar-refractivity contribution in [1.82, 2.24) is 19.9 Å². The maximum Gasteiger partial charge on any atom is 0.160 e. The summed E-state index contributed by atoms with van der Waals surface area (Å²) in [5.74, 6) is 1.33. The molecule has 62 heavy (non-hydrogen) atoms. The Morgan fingerprint density at radius 2 is 0.629 bits per heavy atom. The molecule has 0 spiro atoms. The number of anilines is 3. The lowest BCUT2D eigenvalue weighted by atomic mass is 9.95. The molecule has 0 radical (unpaired) electrons. The van der Waals surface area contributed by atoms with Gasteiger partial charge < -0.3 is 4.90 Å². The molecule has 0 amide bonds. The Morgan fingerprint density at radius 3 is 1.06 bits per heavy atom. The van der Waals surface area contributed by atoms with Crippen molar-refractivity contribution in [1.29, 1.82) is 0 Å². The quantitative estimate of drug-likeness (QED) is 0.152. The summed E-state index contributed by atoms with van der Waals surface area (Å²) in [7, 11) is 0. The number of fused-ring (bicyclic) bond motifs is 2. The lowest BCUT2D eigenvalue weighted by Crippen LogP contribution is -2.14. The van der Waals surface area contributed by atoms with E-state index in [0.29, 0.717) is 11.6 Å². The normalized spacial score (nSPS) is 11.8. The van der Waals surface area contributed by atoms with Crippen molar-refractivity contribution < 1.29 is 0 Å². The molecule has 0 unspecified atom stereocenters. The van der Waals surface area contributed by atoms with Crippen molar-refractivity contribution in [2.24, 2.45) is 0 Å². The molecule has 0 saturated carbocycles. The minimum absolute atomic E-state index is 0.665. The molecule has 8 aromatic carbocycles. The average molecular weight is 812 g/mol. The van der Waals surface area contributed by atoms with Crippen LogP contribution in [0.5, 0.6) is 0 Å². The Morgan fingerprint density at radius 1 is 0.274 bits per heavy atom. The van der Waals surface area contributed by atoms with Gasteiger partial charge in [-0.3, -0.25) is 0 Å². The number of para-hydroxylation sites is 2. The van der Waals surface area contributed by atoms with Gasteiger partial charge in [0.15, 0.2) is 11.6 Å². The Kier molecular flexibility index (Phi) is 9.73. The summed E-state index contributed by atoms with van der Waals surface area (Å²) < 4.78 is 0. The Hall–Kier alpha value is -7.93. The minimum Gasteiger partial charge on any atom is -0.308 e. The largest absolute Gasteiger partial charge is 0.308 e. The molecule has 11 rings (SSSR count). The van der Waals surface area contributed by atoms with Crippen LogP contribution in [0.25, 0.3) is 78.9 Å². The van der Waals surface area contributed by atoms with Gasteiger partial charge in [-0.2, -0.15) is 0 Å². The predicted molar refractivity (Wildman–Crippen MR) is 254 cm³/mol. The van der Waals surface area contributed by atoms with Gasteiger partial charge in [-0.05, 0) is 77.9 Å². The first-order valence-electron chi connectivity index (χ1n) is 20.6. The van der Waals surface area contributed by atoms with Crippen LogP contribution in [0.4, 0.5) is 17.1 Å². The van der Waals surface area contributed by atoms with Crippen molar-refractivity contribution in [3.05, 3.63) is 224 Å². The highest BCUT2D eigenvalue weighted by molar-refractivity contribution is 7.99. The lowest BCUT2D eigenvalue weighted by molar-refractivity contribution is 1.17. The molecule has 0 N–H and O–H groups in total. The summed E-state index contributed by atoms with van der Waals surface area (Å²) in [5.41, 5.74) is 14.8. The molecule has 0 bridgehead atoms. The van der Waals surface area contributed by atoms with E-state index in [0.717, 1.165) is 73.0 Å². The molecule has 6 heteroatoms. The zero-order valence-corrected chi connectivity index (χ0v) is 34.3. The first-order chi connectivity index (χ1) is 30.7. The molecular weight excluding hydrogens is 775 g/mol. The minimum atomic E-state index is 0.665. The smallest absolute Gasteiger partial charge is 0.160 e. The van der Waals surface area contributed by atoms with E-state index in [4.69, 9.17) is 19.9 Å². The van der Waals surface area contributed by atoms with Crippen molar-refractivity contribution in [2.75, 3.05) is 4.90 Å². The van der Waals surface area contributed by atoms with E-state index in [1.807, 2.05) is 84.6 Å². The highest BCUT2D eigenvalue weighted by atomic mass is 32.2. The van der Waals surface area contributed by atoms with Crippen molar-refractivity contribution >= 4 is 28.8 Å². The van der Waals surface area contributed by atoms with E-state index >= 15 is 0 Å². The second kappa shape index (κ2) is 16.3. The second-order valence-electron chi connectivity index (χ2n) is 15.1. The molecule has 0 aliphatic carbocycles. The zero-order chi connectivity index (χ0) is 41.2. The number of aromatic nitrogens is 4. The van der Waals surface area contributed by atoms with Gasteiger partial charge in [-0.1, -0.05) is 169 Å². The first-order valence-corrected chi connectivity index (χ1v) is 21.4. The fourth-order valence-electron chi connectivity index (χ4n) is 8.01. The maximum absolute atomic E-state index is 5.26. The van der Waals surface area contributed by atoms with Crippen LogP contribution in [-0.4, -0.2) is 19.9 Å². The van der Waals surface area contributed by atoms with E-state index < -0.39 is 0 Å². The van der Waals surface area contributed by atoms with Gasteiger partial charge in [0.2, 0.25) is 0 Å². The summed E-state index contributed by atoms with van der Waals surface area (Å²) in [6.45, 7) is 0. The molecule has 0 saturated heterocycles. The molecule has 2 aromatic heterocycles. The van der Waals surface area contributed by atoms with Crippen molar-refractivity contribution in [2.45, 2.75) is 9.79 Å². The molecule has 5 nitrogen and oxygen atoms in total. The average Bonchev–Trinajstić information content (AvgIpc) is 3.36. The van der Waals surface area contributed by atoms with Gasteiger partial charge in [-0.15, -0.1) is 0 Å². The summed E-state index contributed by atoms with van der Waals surface area (Å²) in [6, 6.07) is 78.0. The van der Waals surface area contributed by atoms with Gasteiger partial charge >= 0.3 is 0 Å². The van der Waals surface area contributed by atoms with Crippen LogP contribution in [-0.2, 0) is 0 Å². The SMILES string of the molecule is c1ccc(-c2cc(-c3cc(-c4ccc(N5c6ccccc6Sc6ccccc65)cc4)cc(-c4cc(-c5ccccc5)nc(-c5ccccc5)n4)c3)nc(-c3ccccc3)n2)cc1. The molecule has 292 valence electrons. The summed E-state index contributed by atoms with van der Waals surface area (Å²) >= 11 is 1.82. The van der Waals surface area contributed by atoms with Gasteiger partial charge in [0, 0.05) is 48.9 Å². The number of hydrogen-bond donors (Lipinski definition) is 0. The number of nitrogens with zero attached hydrogens (tertiary/aromatic N) is 5. The fourth-order valence-corrected chi connectivity index (χ4v) is 9.07. The molecular formula is C56H37N5S. The standard InChI is InChI=1S/C56H37N5S/c1-5-17-39(18-6-1)47-36-49(59-55(57-47)41-21-9-3-10-22-41)44-33-43(38-29-31-46(32-30-38)61-51-25-13-15-27-53(51)62-54-28-16-14-26-52(54)61)34-45(35-44)50-37-48(40-19-7-2-8-20-40)58-56(60-50)42-23-11-4-12-24-42/h1-37H. The maximum atomic E-state index is 5.26. The van der Waals surface area contributed by atoms with Crippen LogP contribution in [0.15, 0.2) is 234 Å². The summed E-state index contributed by atoms with van der Waals surface area (Å²) in [4.78, 5) is 25.6. The van der Waals surface area contributed by atoms with E-state index in [1.165, 1.54) is 21.2 Å². The van der Waals surface area contributed by atoms with Crippen molar-refractivity contribution in [3.8, 4) is 78.9 Å². The molecule has 10 aromatic rings.